The molecule has 1 amide bonds. The van der Waals surface area contributed by atoms with Gasteiger partial charge in [-0.2, -0.15) is 0 Å². The van der Waals surface area contributed by atoms with Crippen LogP contribution in [0.5, 0.6) is 11.5 Å². The van der Waals surface area contributed by atoms with Crippen LogP contribution < -0.4 is 14.8 Å². The number of amides is 1. The first-order valence-corrected chi connectivity index (χ1v) is 14.8. The SMILES string of the molecule is O=C(O)COc1ccc(COc2ccc(C(=O)c3cc(Cl)ccc3NC(=O)OCc3ccc4c(c3)Cc3ccccc3-4)cc2)cc1. The van der Waals surface area contributed by atoms with Gasteiger partial charge in [-0.1, -0.05) is 66.2 Å². The summed E-state index contributed by atoms with van der Waals surface area (Å²) in [6.07, 6.45) is 0.154. The number of carboxylic acid groups (broad SMARTS) is 1. The lowest BCUT2D eigenvalue weighted by Crippen LogP contribution is -2.16. The Hall–Kier alpha value is -5.60. The lowest BCUT2D eigenvalue weighted by Gasteiger charge is -2.13. The zero-order valence-corrected chi connectivity index (χ0v) is 25.3. The van der Waals surface area contributed by atoms with Crippen LogP contribution in [0.3, 0.4) is 0 Å². The molecular formula is C37H28ClNO7. The Bertz CT molecular complexity index is 1920. The van der Waals surface area contributed by atoms with E-state index >= 15 is 0 Å². The third-order valence-corrected chi connectivity index (χ3v) is 7.73. The Balaban J connectivity index is 1.05. The van der Waals surface area contributed by atoms with E-state index in [2.05, 4.69) is 29.6 Å². The van der Waals surface area contributed by atoms with Gasteiger partial charge in [-0.05, 0) is 94.4 Å². The molecule has 0 atom stereocenters. The zero-order valence-electron chi connectivity index (χ0n) is 24.5. The van der Waals surface area contributed by atoms with E-state index < -0.39 is 18.7 Å². The van der Waals surface area contributed by atoms with Gasteiger partial charge in [-0.3, -0.25) is 10.1 Å². The first-order chi connectivity index (χ1) is 22.3. The van der Waals surface area contributed by atoms with Crippen LogP contribution in [0.25, 0.3) is 11.1 Å². The topological polar surface area (TPSA) is 111 Å². The van der Waals surface area contributed by atoms with Crippen molar-refractivity contribution in [3.05, 3.63) is 148 Å². The molecule has 0 saturated carbocycles. The Labute approximate surface area is 270 Å². The third-order valence-electron chi connectivity index (χ3n) is 7.50. The standard InChI is InChI=1S/C37H28ClNO7/c38-28-10-16-34(39-37(43)46-21-24-7-15-32-27(17-24)18-26-3-1-2-4-31(26)32)33(19-28)36(42)25-8-13-30(14-9-25)44-20-23-5-11-29(12-6-23)45-22-35(40)41/h1-17,19H,18,20-22H2,(H,39,43)(H,40,41). The van der Waals surface area contributed by atoms with Gasteiger partial charge in [0, 0.05) is 16.1 Å². The number of ether oxygens (including phenoxy) is 3. The number of fused-ring (bicyclic) bond motifs is 3. The highest BCUT2D eigenvalue weighted by atomic mass is 35.5. The molecular weight excluding hydrogens is 606 g/mol. The molecule has 5 aromatic rings. The van der Waals surface area contributed by atoms with Gasteiger partial charge in [0.1, 0.15) is 24.7 Å². The van der Waals surface area contributed by atoms with Crippen molar-refractivity contribution >= 4 is 35.1 Å². The molecule has 5 aromatic carbocycles. The fourth-order valence-corrected chi connectivity index (χ4v) is 5.42. The molecule has 8 nitrogen and oxygen atoms in total. The molecule has 230 valence electrons. The molecule has 0 spiro atoms. The average Bonchev–Trinajstić information content (AvgIpc) is 3.44. The Morgan fingerprint density at radius 3 is 2.20 bits per heavy atom. The van der Waals surface area contributed by atoms with Crippen LogP contribution in [-0.4, -0.2) is 29.6 Å². The molecule has 0 saturated heterocycles. The molecule has 0 bridgehead atoms. The number of benzene rings is 5. The lowest BCUT2D eigenvalue weighted by atomic mass is 10.0. The van der Waals surface area contributed by atoms with Crippen molar-refractivity contribution in [3.8, 4) is 22.6 Å². The summed E-state index contributed by atoms with van der Waals surface area (Å²) in [5.74, 6) is -0.387. The second kappa shape index (κ2) is 13.6. The molecule has 46 heavy (non-hydrogen) atoms. The summed E-state index contributed by atoms with van der Waals surface area (Å²) >= 11 is 6.22. The second-order valence-corrected chi connectivity index (χ2v) is 11.1. The number of anilines is 1. The number of ketones is 1. The van der Waals surface area contributed by atoms with Crippen molar-refractivity contribution in [2.75, 3.05) is 11.9 Å². The lowest BCUT2D eigenvalue weighted by molar-refractivity contribution is -0.139. The van der Waals surface area contributed by atoms with Crippen molar-refractivity contribution < 1.29 is 33.7 Å². The quantitative estimate of drug-likeness (QED) is 0.139. The summed E-state index contributed by atoms with van der Waals surface area (Å²) in [7, 11) is 0. The largest absolute Gasteiger partial charge is 0.489 e. The van der Waals surface area contributed by atoms with Crippen molar-refractivity contribution in [2.45, 2.75) is 19.6 Å². The molecule has 0 aromatic heterocycles. The maximum absolute atomic E-state index is 13.5. The number of carbonyl (C=O) groups excluding carboxylic acids is 2. The van der Waals surface area contributed by atoms with Gasteiger partial charge in [-0.25, -0.2) is 9.59 Å². The highest BCUT2D eigenvalue weighted by molar-refractivity contribution is 6.31. The van der Waals surface area contributed by atoms with Crippen LogP contribution in [0.2, 0.25) is 5.02 Å². The molecule has 9 heteroatoms. The molecule has 0 heterocycles. The summed E-state index contributed by atoms with van der Waals surface area (Å²) in [5.41, 5.74) is 7.52. The number of halogens is 1. The van der Waals surface area contributed by atoms with Gasteiger partial charge < -0.3 is 19.3 Å². The number of aliphatic carboxylic acids is 1. The van der Waals surface area contributed by atoms with Crippen LogP contribution in [0, 0.1) is 0 Å². The number of carbonyl (C=O) groups is 3. The second-order valence-electron chi connectivity index (χ2n) is 10.7. The van der Waals surface area contributed by atoms with E-state index in [9.17, 15) is 14.4 Å². The average molecular weight is 634 g/mol. The summed E-state index contributed by atoms with van der Waals surface area (Å²) in [5, 5.41) is 11.8. The predicted octanol–water partition coefficient (Wildman–Crippen LogP) is 7.93. The van der Waals surface area contributed by atoms with E-state index in [-0.39, 0.29) is 30.2 Å². The van der Waals surface area contributed by atoms with E-state index in [1.54, 1.807) is 60.7 Å². The number of rotatable bonds is 11. The summed E-state index contributed by atoms with van der Waals surface area (Å²) in [6, 6.07) is 32.6. The van der Waals surface area contributed by atoms with E-state index in [1.165, 1.54) is 28.3 Å². The summed E-state index contributed by atoms with van der Waals surface area (Å²) in [6.45, 7) is -0.0733. The smallest absolute Gasteiger partial charge is 0.411 e. The highest BCUT2D eigenvalue weighted by Crippen LogP contribution is 2.37. The molecule has 2 N–H and O–H groups in total. The minimum absolute atomic E-state index is 0.0798. The maximum atomic E-state index is 13.5. The summed E-state index contributed by atoms with van der Waals surface area (Å²) in [4.78, 5) is 36.9. The van der Waals surface area contributed by atoms with Gasteiger partial charge in [-0.15, -0.1) is 0 Å². The van der Waals surface area contributed by atoms with E-state index in [0.717, 1.165) is 17.5 Å². The van der Waals surface area contributed by atoms with E-state index in [0.29, 0.717) is 22.1 Å². The van der Waals surface area contributed by atoms with Crippen LogP contribution in [0.4, 0.5) is 10.5 Å². The van der Waals surface area contributed by atoms with Crippen LogP contribution in [0.1, 0.15) is 38.2 Å². The van der Waals surface area contributed by atoms with Crippen LogP contribution >= 0.6 is 11.6 Å². The number of hydrogen-bond acceptors (Lipinski definition) is 6. The minimum Gasteiger partial charge on any atom is -0.489 e. The van der Waals surface area contributed by atoms with E-state index in [1.807, 2.05) is 18.2 Å². The number of carboxylic acids is 1. The van der Waals surface area contributed by atoms with Crippen LogP contribution in [-0.2, 0) is 29.2 Å². The fraction of sp³-hybridized carbons (Fsp3) is 0.108. The number of hydrogen-bond donors (Lipinski definition) is 2. The van der Waals surface area contributed by atoms with E-state index in [4.69, 9.17) is 30.9 Å². The van der Waals surface area contributed by atoms with Crippen molar-refractivity contribution in [3.63, 3.8) is 0 Å². The molecule has 0 unspecified atom stereocenters. The molecule has 0 fully saturated rings. The molecule has 6 rings (SSSR count). The molecule has 1 aliphatic rings. The van der Waals surface area contributed by atoms with Gasteiger partial charge in [0.05, 0.1) is 5.69 Å². The number of nitrogens with one attached hydrogen (secondary N) is 1. The fourth-order valence-electron chi connectivity index (χ4n) is 5.25. The zero-order chi connectivity index (χ0) is 32.0. The highest BCUT2D eigenvalue weighted by Gasteiger charge is 2.19. The van der Waals surface area contributed by atoms with Gasteiger partial charge in [0.25, 0.3) is 0 Å². The third kappa shape index (κ3) is 7.20. The maximum Gasteiger partial charge on any atom is 0.411 e. The van der Waals surface area contributed by atoms with Gasteiger partial charge >= 0.3 is 12.1 Å². The first kappa shape index (κ1) is 30.4. The van der Waals surface area contributed by atoms with Crippen molar-refractivity contribution in [1.29, 1.82) is 0 Å². The Morgan fingerprint density at radius 2 is 1.41 bits per heavy atom. The minimum atomic E-state index is -1.05. The first-order valence-electron chi connectivity index (χ1n) is 14.5. The van der Waals surface area contributed by atoms with Crippen LogP contribution in [0.15, 0.2) is 109 Å². The molecule has 1 aliphatic carbocycles. The Kier molecular flexibility index (Phi) is 8.98. The predicted molar refractivity (Wildman–Crippen MR) is 174 cm³/mol. The monoisotopic (exact) mass is 633 g/mol. The molecule has 0 radical (unpaired) electrons. The molecule has 0 aliphatic heterocycles. The Morgan fingerprint density at radius 1 is 0.717 bits per heavy atom. The van der Waals surface area contributed by atoms with Crippen molar-refractivity contribution in [2.24, 2.45) is 0 Å². The van der Waals surface area contributed by atoms with Crippen molar-refractivity contribution in [1.82, 2.24) is 0 Å². The van der Waals surface area contributed by atoms with Gasteiger partial charge in [0.2, 0.25) is 0 Å². The summed E-state index contributed by atoms with van der Waals surface area (Å²) < 4.78 is 16.5. The van der Waals surface area contributed by atoms with Gasteiger partial charge in [0.15, 0.2) is 12.4 Å². The normalized spacial score (nSPS) is 11.2.